The number of carbonyl (C=O) groups is 2. The summed E-state index contributed by atoms with van der Waals surface area (Å²) in [5.41, 5.74) is 1.75. The molecule has 1 aromatic heterocycles. The molecule has 24 heavy (non-hydrogen) atoms. The zero-order valence-corrected chi connectivity index (χ0v) is 13.7. The first-order chi connectivity index (χ1) is 11.6. The number of benzene rings is 2. The first-order valence-corrected chi connectivity index (χ1v) is 7.65. The number of rotatable bonds is 3. The van der Waals surface area contributed by atoms with Gasteiger partial charge in [0.05, 0.1) is 18.2 Å². The van der Waals surface area contributed by atoms with E-state index in [-0.39, 0.29) is 5.91 Å². The lowest BCUT2D eigenvalue weighted by Crippen LogP contribution is -2.06. The maximum atomic E-state index is 12.5. The predicted octanol–water partition coefficient (Wildman–Crippen LogP) is 4.43. The quantitative estimate of drug-likeness (QED) is 0.523. The van der Waals surface area contributed by atoms with E-state index in [4.69, 9.17) is 16.3 Å². The summed E-state index contributed by atoms with van der Waals surface area (Å²) in [4.78, 5) is 24.5. The van der Waals surface area contributed by atoms with Gasteiger partial charge in [-0.1, -0.05) is 48.0 Å². The molecule has 0 atom stereocenters. The van der Waals surface area contributed by atoms with E-state index in [0.29, 0.717) is 21.5 Å². The number of allylic oxidation sites excluding steroid dienone is 1. The van der Waals surface area contributed by atoms with Gasteiger partial charge in [0.15, 0.2) is 0 Å². The van der Waals surface area contributed by atoms with Gasteiger partial charge in [0, 0.05) is 22.7 Å². The minimum absolute atomic E-state index is 0.277. The van der Waals surface area contributed by atoms with E-state index >= 15 is 0 Å². The standard InChI is InChI=1S/C19H14ClNO3/c1-24-19(23)15-12-21(17-9-5-3-7-14(15)17)18(22)11-10-13-6-2-4-8-16(13)20/h2-12H,1H3/b11-10+. The second kappa shape index (κ2) is 6.72. The van der Waals surface area contributed by atoms with Gasteiger partial charge in [0.2, 0.25) is 0 Å². The summed E-state index contributed by atoms with van der Waals surface area (Å²) in [5.74, 6) is -0.755. The molecule has 0 bridgehead atoms. The van der Waals surface area contributed by atoms with Crippen molar-refractivity contribution in [3.63, 3.8) is 0 Å². The maximum absolute atomic E-state index is 12.5. The van der Waals surface area contributed by atoms with Gasteiger partial charge in [-0.05, 0) is 23.8 Å². The minimum Gasteiger partial charge on any atom is -0.465 e. The van der Waals surface area contributed by atoms with Gasteiger partial charge in [-0.25, -0.2) is 4.79 Å². The Morgan fingerprint density at radius 1 is 1.08 bits per heavy atom. The number of ether oxygens (including phenoxy) is 1. The molecule has 0 spiro atoms. The topological polar surface area (TPSA) is 48.3 Å². The number of esters is 1. The molecule has 3 rings (SSSR count). The molecule has 4 nitrogen and oxygen atoms in total. The Hall–Kier alpha value is -2.85. The van der Waals surface area contributed by atoms with Crippen LogP contribution in [0.3, 0.4) is 0 Å². The molecule has 5 heteroatoms. The second-order valence-corrected chi connectivity index (χ2v) is 5.52. The summed E-state index contributed by atoms with van der Waals surface area (Å²) in [5, 5.41) is 1.23. The summed E-state index contributed by atoms with van der Waals surface area (Å²) in [6.07, 6.45) is 4.57. The highest BCUT2D eigenvalue weighted by Gasteiger charge is 2.17. The van der Waals surface area contributed by atoms with Gasteiger partial charge in [0.1, 0.15) is 0 Å². The molecule has 0 amide bonds. The van der Waals surface area contributed by atoms with Gasteiger partial charge in [-0.3, -0.25) is 9.36 Å². The summed E-state index contributed by atoms with van der Waals surface area (Å²) >= 11 is 6.08. The smallest absolute Gasteiger partial charge is 0.340 e. The molecule has 0 saturated heterocycles. The van der Waals surface area contributed by atoms with E-state index in [9.17, 15) is 9.59 Å². The maximum Gasteiger partial charge on any atom is 0.340 e. The van der Waals surface area contributed by atoms with Crippen LogP contribution in [0.5, 0.6) is 0 Å². The molecule has 0 unspecified atom stereocenters. The van der Waals surface area contributed by atoms with Gasteiger partial charge in [0.25, 0.3) is 5.91 Å². The number of aromatic nitrogens is 1. The molecule has 0 N–H and O–H groups in total. The number of carbonyl (C=O) groups excluding carboxylic acids is 2. The van der Waals surface area contributed by atoms with Crippen LogP contribution in [-0.2, 0) is 4.74 Å². The average Bonchev–Trinajstić information content (AvgIpc) is 3.00. The summed E-state index contributed by atoms with van der Waals surface area (Å²) in [6, 6.07) is 14.4. The van der Waals surface area contributed by atoms with Crippen molar-refractivity contribution in [2.24, 2.45) is 0 Å². The first kappa shape index (κ1) is 16.0. The fourth-order valence-corrected chi connectivity index (χ4v) is 2.68. The fourth-order valence-electron chi connectivity index (χ4n) is 2.49. The summed E-state index contributed by atoms with van der Waals surface area (Å²) in [6.45, 7) is 0. The molecule has 0 fully saturated rings. The number of nitrogens with zero attached hydrogens (tertiary/aromatic N) is 1. The Bertz CT molecular complexity index is 956. The van der Waals surface area contributed by atoms with Crippen LogP contribution in [0.4, 0.5) is 0 Å². The number of halogens is 1. The van der Waals surface area contributed by atoms with Crippen molar-refractivity contribution < 1.29 is 14.3 Å². The lowest BCUT2D eigenvalue weighted by atomic mass is 10.2. The predicted molar refractivity (Wildman–Crippen MR) is 94.4 cm³/mol. The number of hydrogen-bond acceptors (Lipinski definition) is 3. The average molecular weight is 340 g/mol. The van der Waals surface area contributed by atoms with Crippen LogP contribution in [0, 0.1) is 0 Å². The molecule has 0 saturated carbocycles. The number of methoxy groups -OCH3 is 1. The van der Waals surface area contributed by atoms with Crippen molar-refractivity contribution in [3.05, 3.63) is 77.0 Å². The third-order valence-corrected chi connectivity index (χ3v) is 4.01. The lowest BCUT2D eigenvalue weighted by molar-refractivity contribution is 0.0603. The Balaban J connectivity index is 2.02. The third kappa shape index (κ3) is 2.96. The summed E-state index contributed by atoms with van der Waals surface area (Å²) in [7, 11) is 1.31. The van der Waals surface area contributed by atoms with Crippen LogP contribution in [0.1, 0.15) is 20.7 Å². The van der Waals surface area contributed by atoms with Crippen molar-refractivity contribution in [3.8, 4) is 0 Å². The molecule has 3 aromatic rings. The van der Waals surface area contributed by atoms with Crippen LogP contribution < -0.4 is 0 Å². The van der Waals surface area contributed by atoms with Crippen LogP contribution in [-0.4, -0.2) is 23.6 Å². The van der Waals surface area contributed by atoms with Gasteiger partial charge < -0.3 is 4.74 Å². The zero-order valence-electron chi connectivity index (χ0n) is 12.9. The molecule has 2 aromatic carbocycles. The van der Waals surface area contributed by atoms with Crippen molar-refractivity contribution in [2.75, 3.05) is 7.11 Å². The number of hydrogen-bond donors (Lipinski definition) is 0. The van der Waals surface area contributed by atoms with Crippen LogP contribution in [0.15, 0.2) is 60.8 Å². The highest BCUT2D eigenvalue weighted by Crippen LogP contribution is 2.22. The SMILES string of the molecule is COC(=O)c1cn(C(=O)/C=C/c2ccccc2Cl)c2ccccc12. The summed E-state index contributed by atoms with van der Waals surface area (Å²) < 4.78 is 6.21. The molecular weight excluding hydrogens is 326 g/mol. The monoisotopic (exact) mass is 339 g/mol. The minimum atomic E-state index is -0.479. The van der Waals surface area contributed by atoms with Crippen LogP contribution >= 0.6 is 11.6 Å². The van der Waals surface area contributed by atoms with Gasteiger partial charge in [-0.15, -0.1) is 0 Å². The van der Waals surface area contributed by atoms with E-state index in [1.165, 1.54) is 23.9 Å². The Morgan fingerprint density at radius 3 is 2.54 bits per heavy atom. The van der Waals surface area contributed by atoms with Crippen LogP contribution in [0.2, 0.25) is 5.02 Å². The van der Waals surface area contributed by atoms with Gasteiger partial charge >= 0.3 is 5.97 Å². The van der Waals surface area contributed by atoms with Crippen molar-refractivity contribution in [1.29, 1.82) is 0 Å². The molecule has 0 radical (unpaired) electrons. The molecule has 0 aliphatic rings. The highest BCUT2D eigenvalue weighted by molar-refractivity contribution is 6.32. The molecular formula is C19H14ClNO3. The van der Waals surface area contributed by atoms with E-state index in [1.807, 2.05) is 30.3 Å². The van der Waals surface area contributed by atoms with E-state index in [0.717, 1.165) is 5.56 Å². The fraction of sp³-hybridized carbons (Fsp3) is 0.0526. The zero-order chi connectivity index (χ0) is 17.1. The Morgan fingerprint density at radius 2 is 1.79 bits per heavy atom. The number of fused-ring (bicyclic) bond motifs is 1. The van der Waals surface area contributed by atoms with Crippen molar-refractivity contribution in [1.82, 2.24) is 4.57 Å². The van der Waals surface area contributed by atoms with Crippen molar-refractivity contribution in [2.45, 2.75) is 0 Å². The van der Waals surface area contributed by atoms with Gasteiger partial charge in [-0.2, -0.15) is 0 Å². The molecule has 1 heterocycles. The number of para-hydroxylation sites is 1. The lowest BCUT2D eigenvalue weighted by Gasteiger charge is -2.00. The van der Waals surface area contributed by atoms with E-state index in [2.05, 4.69) is 0 Å². The van der Waals surface area contributed by atoms with E-state index < -0.39 is 5.97 Å². The third-order valence-electron chi connectivity index (χ3n) is 3.67. The molecule has 120 valence electrons. The Labute approximate surface area is 143 Å². The Kier molecular flexibility index (Phi) is 4.49. The van der Waals surface area contributed by atoms with E-state index in [1.54, 1.807) is 24.3 Å². The first-order valence-electron chi connectivity index (χ1n) is 7.27. The largest absolute Gasteiger partial charge is 0.465 e. The molecule has 0 aliphatic carbocycles. The normalized spacial score (nSPS) is 11.1. The molecule has 0 aliphatic heterocycles. The highest BCUT2D eigenvalue weighted by atomic mass is 35.5. The van der Waals surface area contributed by atoms with Crippen molar-refractivity contribution >= 4 is 40.5 Å². The van der Waals surface area contributed by atoms with Crippen LogP contribution in [0.25, 0.3) is 17.0 Å². The second-order valence-electron chi connectivity index (χ2n) is 5.11.